The normalized spacial score (nSPS) is 16.3. The molecule has 2 aliphatic rings. The van der Waals surface area contributed by atoms with Crippen LogP contribution in [0.3, 0.4) is 0 Å². The zero-order valence-corrected chi connectivity index (χ0v) is 25.0. The molecule has 1 aromatic heterocycles. The van der Waals surface area contributed by atoms with Gasteiger partial charge in [0.25, 0.3) is 11.8 Å². The number of hydrogen-bond donors (Lipinski definition) is 0. The predicted octanol–water partition coefficient (Wildman–Crippen LogP) is 7.91. The molecular formula is C36H39N3O2S. The quantitative estimate of drug-likeness (QED) is 0.242. The highest BCUT2D eigenvalue weighted by atomic mass is 32.1. The summed E-state index contributed by atoms with van der Waals surface area (Å²) < 4.78 is 0. The zero-order chi connectivity index (χ0) is 28.7. The smallest absolute Gasteiger partial charge is 0.255 e. The molecule has 0 saturated heterocycles. The fourth-order valence-corrected chi connectivity index (χ4v) is 7.02. The standard InChI is InChI=1S/C36H39N3O2S/c40-35(32-19-12-17-30-26-39(36(41)34(30)32)27-31-18-13-23-42-31)38-22-11-4-2-1-3-10-21-37(24-28-14-6-5-7-15-28)33-20-9-8-16-29(33)25-38/h5-9,12-20,23H,1-4,10-11,21-22,24-27H2. The molecule has 0 fully saturated rings. The summed E-state index contributed by atoms with van der Waals surface area (Å²) in [6, 6.07) is 29.0. The summed E-state index contributed by atoms with van der Waals surface area (Å²) in [6.07, 6.45) is 6.86. The third-order valence-corrected chi connectivity index (χ3v) is 9.33. The van der Waals surface area contributed by atoms with Crippen LogP contribution in [0.25, 0.3) is 0 Å². The number of para-hydroxylation sites is 1. The molecule has 0 radical (unpaired) electrons. The molecule has 2 aliphatic heterocycles. The van der Waals surface area contributed by atoms with E-state index >= 15 is 0 Å². The van der Waals surface area contributed by atoms with Gasteiger partial charge in [-0.15, -0.1) is 11.3 Å². The predicted molar refractivity (Wildman–Crippen MR) is 171 cm³/mol. The molecule has 0 bridgehead atoms. The van der Waals surface area contributed by atoms with Crippen molar-refractivity contribution in [3.63, 3.8) is 0 Å². The number of nitrogens with zero attached hydrogens (tertiary/aromatic N) is 3. The summed E-state index contributed by atoms with van der Waals surface area (Å²) in [5.74, 6) is -0.0833. The summed E-state index contributed by atoms with van der Waals surface area (Å²) in [4.78, 5) is 35.5. The minimum Gasteiger partial charge on any atom is -0.367 e. The van der Waals surface area contributed by atoms with Gasteiger partial charge in [0.1, 0.15) is 0 Å². The van der Waals surface area contributed by atoms with Crippen molar-refractivity contribution in [2.75, 3.05) is 18.0 Å². The molecule has 6 rings (SSSR count). The van der Waals surface area contributed by atoms with Gasteiger partial charge in [0.2, 0.25) is 0 Å². The number of amides is 2. The van der Waals surface area contributed by atoms with E-state index in [1.807, 2.05) is 39.4 Å². The molecule has 3 aromatic carbocycles. The minimum atomic E-state index is -0.0440. The van der Waals surface area contributed by atoms with Crippen LogP contribution < -0.4 is 4.90 Å². The first-order chi connectivity index (χ1) is 20.7. The highest BCUT2D eigenvalue weighted by molar-refractivity contribution is 7.09. The fourth-order valence-electron chi connectivity index (χ4n) is 6.30. The van der Waals surface area contributed by atoms with Crippen LogP contribution in [0, 0.1) is 0 Å². The first kappa shape index (κ1) is 28.2. The molecule has 0 spiro atoms. The van der Waals surface area contributed by atoms with Gasteiger partial charge >= 0.3 is 0 Å². The zero-order valence-electron chi connectivity index (χ0n) is 24.2. The molecule has 5 nitrogen and oxygen atoms in total. The minimum absolute atomic E-state index is 0.0392. The van der Waals surface area contributed by atoms with Crippen LogP contribution in [0.4, 0.5) is 5.69 Å². The number of fused-ring (bicyclic) bond motifs is 2. The largest absolute Gasteiger partial charge is 0.367 e. The van der Waals surface area contributed by atoms with Crippen molar-refractivity contribution >= 4 is 28.8 Å². The van der Waals surface area contributed by atoms with E-state index in [2.05, 4.69) is 65.6 Å². The van der Waals surface area contributed by atoms with Crippen LogP contribution >= 0.6 is 11.3 Å². The van der Waals surface area contributed by atoms with Crippen LogP contribution in [0.2, 0.25) is 0 Å². The Morgan fingerprint density at radius 1 is 0.667 bits per heavy atom. The SMILES string of the molecule is O=C(c1cccc2c1C(=O)N(Cc1cccs1)C2)N1CCCCCCCCN(Cc2ccccc2)c2ccccc2C1. The lowest BCUT2D eigenvalue weighted by molar-refractivity contribution is 0.0717. The van der Waals surface area contributed by atoms with Crippen LogP contribution in [0.15, 0.2) is 90.3 Å². The van der Waals surface area contributed by atoms with Gasteiger partial charge in [-0.3, -0.25) is 9.59 Å². The molecular weight excluding hydrogens is 538 g/mol. The van der Waals surface area contributed by atoms with Crippen molar-refractivity contribution in [2.24, 2.45) is 0 Å². The fraction of sp³-hybridized carbons (Fsp3) is 0.333. The van der Waals surface area contributed by atoms with Crippen molar-refractivity contribution in [3.05, 3.63) is 123 Å². The van der Waals surface area contributed by atoms with Crippen molar-refractivity contribution < 1.29 is 9.59 Å². The Morgan fingerprint density at radius 2 is 1.40 bits per heavy atom. The van der Waals surface area contributed by atoms with Crippen molar-refractivity contribution in [1.82, 2.24) is 9.80 Å². The molecule has 216 valence electrons. The number of thiophene rings is 1. The van der Waals surface area contributed by atoms with E-state index < -0.39 is 0 Å². The molecule has 2 amide bonds. The summed E-state index contributed by atoms with van der Waals surface area (Å²) in [5, 5.41) is 2.04. The van der Waals surface area contributed by atoms with Gasteiger partial charge in [-0.2, -0.15) is 0 Å². The average molecular weight is 578 g/mol. The van der Waals surface area contributed by atoms with Crippen LogP contribution in [0.5, 0.6) is 0 Å². The van der Waals surface area contributed by atoms with E-state index in [1.54, 1.807) is 11.3 Å². The molecule has 4 aromatic rings. The number of carbonyl (C=O) groups is 2. The van der Waals surface area contributed by atoms with Crippen LogP contribution in [-0.2, 0) is 26.2 Å². The number of benzene rings is 3. The Balaban J connectivity index is 1.30. The highest BCUT2D eigenvalue weighted by Crippen LogP contribution is 2.31. The monoisotopic (exact) mass is 577 g/mol. The van der Waals surface area contributed by atoms with Crippen LogP contribution in [0.1, 0.15) is 80.8 Å². The molecule has 42 heavy (non-hydrogen) atoms. The maximum atomic E-state index is 14.3. The second-order valence-corrected chi connectivity index (χ2v) is 12.5. The summed E-state index contributed by atoms with van der Waals surface area (Å²) >= 11 is 1.66. The van der Waals surface area contributed by atoms with Crippen LogP contribution in [-0.4, -0.2) is 34.7 Å². The Kier molecular flexibility index (Phi) is 9.00. The highest BCUT2D eigenvalue weighted by Gasteiger charge is 2.33. The number of carbonyl (C=O) groups excluding carboxylic acids is 2. The van der Waals surface area contributed by atoms with E-state index in [0.717, 1.165) is 48.4 Å². The third-order valence-electron chi connectivity index (χ3n) is 8.47. The molecule has 0 atom stereocenters. The van der Waals surface area contributed by atoms with Gasteiger partial charge in [-0.05, 0) is 53.1 Å². The Hall–Kier alpha value is -3.90. The van der Waals surface area contributed by atoms with Gasteiger partial charge in [0.05, 0.1) is 17.7 Å². The Bertz CT molecular complexity index is 1500. The number of hydrogen-bond acceptors (Lipinski definition) is 4. The lowest BCUT2D eigenvalue weighted by atomic mass is 10.0. The lowest BCUT2D eigenvalue weighted by Gasteiger charge is -2.30. The molecule has 0 saturated carbocycles. The first-order valence-corrected chi connectivity index (χ1v) is 16.1. The molecule has 3 heterocycles. The Morgan fingerprint density at radius 3 is 2.21 bits per heavy atom. The van der Waals surface area contributed by atoms with Crippen molar-refractivity contribution in [1.29, 1.82) is 0 Å². The van der Waals surface area contributed by atoms with E-state index in [0.29, 0.717) is 37.3 Å². The summed E-state index contributed by atoms with van der Waals surface area (Å²) in [6.45, 7) is 4.16. The van der Waals surface area contributed by atoms with E-state index in [1.165, 1.54) is 30.5 Å². The molecule has 0 aliphatic carbocycles. The third kappa shape index (κ3) is 6.44. The first-order valence-electron chi connectivity index (χ1n) is 15.3. The average Bonchev–Trinajstić information content (AvgIpc) is 3.65. The second-order valence-electron chi connectivity index (χ2n) is 11.5. The second kappa shape index (κ2) is 13.4. The summed E-state index contributed by atoms with van der Waals surface area (Å²) in [5.41, 5.74) is 5.70. The maximum Gasteiger partial charge on any atom is 0.255 e. The number of rotatable bonds is 5. The molecule has 0 N–H and O–H groups in total. The number of anilines is 1. The van der Waals surface area contributed by atoms with E-state index in [-0.39, 0.29) is 11.8 Å². The lowest BCUT2D eigenvalue weighted by Crippen LogP contribution is -2.34. The maximum absolute atomic E-state index is 14.3. The van der Waals surface area contributed by atoms with Crippen molar-refractivity contribution in [3.8, 4) is 0 Å². The van der Waals surface area contributed by atoms with Gasteiger partial charge in [-0.25, -0.2) is 0 Å². The van der Waals surface area contributed by atoms with E-state index in [9.17, 15) is 9.59 Å². The Labute approximate surface area is 253 Å². The van der Waals surface area contributed by atoms with Gasteiger partial charge < -0.3 is 14.7 Å². The van der Waals surface area contributed by atoms with Gasteiger partial charge in [-0.1, -0.05) is 92.4 Å². The topological polar surface area (TPSA) is 43.9 Å². The molecule has 6 heteroatoms. The van der Waals surface area contributed by atoms with E-state index in [4.69, 9.17) is 0 Å². The van der Waals surface area contributed by atoms with Gasteiger partial charge in [0, 0.05) is 43.3 Å². The van der Waals surface area contributed by atoms with Gasteiger partial charge in [0.15, 0.2) is 0 Å². The molecule has 0 unspecified atom stereocenters. The van der Waals surface area contributed by atoms with Crippen molar-refractivity contribution in [2.45, 2.75) is 64.7 Å². The summed E-state index contributed by atoms with van der Waals surface area (Å²) in [7, 11) is 0.